The number of carbonyl (C=O) groups is 1. The Labute approximate surface area is 184 Å². The second-order valence-electron chi connectivity index (χ2n) is 7.38. The molecule has 0 aliphatic carbocycles. The van der Waals surface area contributed by atoms with Gasteiger partial charge in [-0.15, -0.1) is 11.3 Å². The van der Waals surface area contributed by atoms with Gasteiger partial charge < -0.3 is 4.90 Å². The van der Waals surface area contributed by atoms with Gasteiger partial charge in [-0.1, -0.05) is 30.3 Å². The number of hydrogen-bond acceptors (Lipinski definition) is 5. The number of amides is 1. The fourth-order valence-corrected chi connectivity index (χ4v) is 5.81. The first kappa shape index (κ1) is 19.7. The molecule has 5 rings (SSSR count). The summed E-state index contributed by atoms with van der Waals surface area (Å²) in [6.07, 6.45) is 0.729. The third kappa shape index (κ3) is 3.68. The maximum Gasteiger partial charge on any atom is 0.261 e. The fraction of sp³-hybridized carbons (Fsp3) is 0.130. The number of anilines is 2. The van der Waals surface area contributed by atoms with Crippen molar-refractivity contribution in [3.8, 4) is 10.6 Å². The topological polar surface area (TPSA) is 79.4 Å². The molecule has 156 valence electrons. The van der Waals surface area contributed by atoms with Crippen LogP contribution in [-0.2, 0) is 21.2 Å². The van der Waals surface area contributed by atoms with Crippen LogP contribution >= 0.6 is 11.3 Å². The van der Waals surface area contributed by atoms with Gasteiger partial charge in [0.25, 0.3) is 10.0 Å². The summed E-state index contributed by atoms with van der Waals surface area (Å²) in [6, 6.07) is 20.0. The van der Waals surface area contributed by atoms with Crippen LogP contribution in [0, 0.1) is 0 Å². The summed E-state index contributed by atoms with van der Waals surface area (Å²) in [6.45, 7) is 2.06. The number of para-hydroxylation sites is 1. The first-order valence-corrected chi connectivity index (χ1v) is 12.1. The van der Waals surface area contributed by atoms with Crippen LogP contribution in [0.3, 0.4) is 0 Å². The molecule has 6 nitrogen and oxygen atoms in total. The van der Waals surface area contributed by atoms with E-state index < -0.39 is 10.0 Å². The molecule has 1 aromatic heterocycles. The molecule has 3 aromatic carbocycles. The van der Waals surface area contributed by atoms with Crippen molar-refractivity contribution in [2.45, 2.75) is 18.2 Å². The van der Waals surface area contributed by atoms with Crippen molar-refractivity contribution in [3.63, 3.8) is 0 Å². The quantitative estimate of drug-likeness (QED) is 0.491. The van der Waals surface area contributed by atoms with Gasteiger partial charge in [0.2, 0.25) is 5.91 Å². The van der Waals surface area contributed by atoms with E-state index in [9.17, 15) is 13.2 Å². The second-order valence-corrected chi connectivity index (χ2v) is 10.1. The third-order valence-corrected chi connectivity index (χ3v) is 7.76. The molecule has 1 N–H and O–H groups in total. The summed E-state index contributed by atoms with van der Waals surface area (Å²) in [4.78, 5) is 18.2. The number of benzene rings is 3. The Morgan fingerprint density at radius 2 is 1.90 bits per heavy atom. The van der Waals surface area contributed by atoms with Crippen LogP contribution in [0.2, 0.25) is 0 Å². The van der Waals surface area contributed by atoms with E-state index in [1.165, 1.54) is 6.92 Å². The highest BCUT2D eigenvalue weighted by molar-refractivity contribution is 7.92. The fourth-order valence-electron chi connectivity index (χ4n) is 3.78. The molecular formula is C23H19N3O3S2. The lowest BCUT2D eigenvalue weighted by atomic mass is 10.2. The predicted molar refractivity (Wildman–Crippen MR) is 124 cm³/mol. The number of aromatic nitrogens is 1. The lowest BCUT2D eigenvalue weighted by Crippen LogP contribution is -2.26. The molecule has 31 heavy (non-hydrogen) atoms. The van der Waals surface area contributed by atoms with E-state index in [4.69, 9.17) is 0 Å². The van der Waals surface area contributed by atoms with Crippen molar-refractivity contribution in [2.24, 2.45) is 0 Å². The molecule has 0 atom stereocenters. The molecule has 0 saturated carbocycles. The minimum atomic E-state index is -3.81. The Hall–Kier alpha value is -3.23. The van der Waals surface area contributed by atoms with E-state index in [2.05, 4.69) is 9.71 Å². The van der Waals surface area contributed by atoms with Gasteiger partial charge in [0, 0.05) is 30.4 Å². The average Bonchev–Trinajstić information content (AvgIpc) is 3.37. The maximum atomic E-state index is 13.0. The minimum Gasteiger partial charge on any atom is -0.312 e. The lowest BCUT2D eigenvalue weighted by Gasteiger charge is -2.16. The van der Waals surface area contributed by atoms with Crippen LogP contribution < -0.4 is 9.62 Å². The second kappa shape index (κ2) is 7.47. The van der Waals surface area contributed by atoms with Crippen molar-refractivity contribution < 1.29 is 13.2 Å². The van der Waals surface area contributed by atoms with Crippen molar-refractivity contribution in [3.05, 3.63) is 72.3 Å². The molecule has 4 aromatic rings. The molecule has 0 spiro atoms. The summed E-state index contributed by atoms with van der Waals surface area (Å²) >= 11 is 1.56. The highest BCUT2D eigenvalue weighted by atomic mass is 32.2. The number of nitrogens with zero attached hydrogens (tertiary/aromatic N) is 2. The smallest absolute Gasteiger partial charge is 0.261 e. The van der Waals surface area contributed by atoms with Gasteiger partial charge in [0.05, 0.1) is 15.1 Å². The van der Waals surface area contributed by atoms with E-state index in [1.54, 1.807) is 52.6 Å². The highest BCUT2D eigenvalue weighted by Gasteiger charge is 2.25. The highest BCUT2D eigenvalue weighted by Crippen LogP contribution is 2.33. The Morgan fingerprint density at radius 1 is 1.06 bits per heavy atom. The van der Waals surface area contributed by atoms with E-state index in [-0.39, 0.29) is 10.8 Å². The average molecular weight is 450 g/mol. The summed E-state index contributed by atoms with van der Waals surface area (Å²) in [5.41, 5.74) is 3.87. The molecule has 0 radical (unpaired) electrons. The van der Waals surface area contributed by atoms with E-state index >= 15 is 0 Å². The first-order valence-electron chi connectivity index (χ1n) is 9.80. The number of nitrogens with one attached hydrogen (secondary N) is 1. The van der Waals surface area contributed by atoms with Crippen LogP contribution in [0.25, 0.3) is 20.8 Å². The number of thiazole rings is 1. The summed E-state index contributed by atoms with van der Waals surface area (Å²) < 4.78 is 29.8. The maximum absolute atomic E-state index is 13.0. The molecule has 0 saturated heterocycles. The van der Waals surface area contributed by atoms with Gasteiger partial charge in [0.1, 0.15) is 5.01 Å². The summed E-state index contributed by atoms with van der Waals surface area (Å²) in [5, 5.41) is 0.830. The largest absolute Gasteiger partial charge is 0.312 e. The number of carbonyl (C=O) groups excluding carboxylic acids is 1. The normalized spacial score (nSPS) is 13.4. The van der Waals surface area contributed by atoms with Crippen molar-refractivity contribution >= 4 is 48.9 Å². The predicted octanol–water partition coefficient (Wildman–Crippen LogP) is 4.67. The molecule has 0 fully saturated rings. The zero-order chi connectivity index (χ0) is 21.6. The molecule has 0 unspecified atom stereocenters. The summed E-state index contributed by atoms with van der Waals surface area (Å²) in [5.74, 6) is -0.0928. The molecule has 1 aliphatic rings. The van der Waals surface area contributed by atoms with Gasteiger partial charge in [-0.3, -0.25) is 9.52 Å². The monoisotopic (exact) mass is 449 g/mol. The number of rotatable bonds is 4. The van der Waals surface area contributed by atoms with Gasteiger partial charge in [-0.25, -0.2) is 13.4 Å². The molecular weight excluding hydrogens is 430 g/mol. The van der Waals surface area contributed by atoms with Crippen LogP contribution in [0.1, 0.15) is 12.5 Å². The standard InChI is InChI=1S/C23H19N3O3S2/c1-15(27)26-12-11-16-9-10-19(14-21(16)26)31(28,29)25-18-6-4-5-17(13-18)23-24-20-7-2-3-8-22(20)30-23/h2-10,13-14,25H,11-12H2,1H3. The molecule has 1 amide bonds. The lowest BCUT2D eigenvalue weighted by molar-refractivity contribution is -0.116. The molecule has 2 heterocycles. The van der Waals surface area contributed by atoms with Crippen LogP contribution in [0.15, 0.2) is 71.6 Å². The molecule has 0 bridgehead atoms. The third-order valence-electron chi connectivity index (χ3n) is 5.30. The van der Waals surface area contributed by atoms with Crippen LogP contribution in [0.4, 0.5) is 11.4 Å². The Kier molecular flexibility index (Phi) is 4.75. The van der Waals surface area contributed by atoms with Crippen molar-refractivity contribution in [1.82, 2.24) is 4.98 Å². The number of fused-ring (bicyclic) bond motifs is 2. The Balaban J connectivity index is 1.45. The zero-order valence-electron chi connectivity index (χ0n) is 16.7. The van der Waals surface area contributed by atoms with Crippen molar-refractivity contribution in [2.75, 3.05) is 16.2 Å². The van der Waals surface area contributed by atoms with Crippen LogP contribution in [0.5, 0.6) is 0 Å². The number of sulfonamides is 1. The van der Waals surface area contributed by atoms with Gasteiger partial charge in [-0.2, -0.15) is 0 Å². The van der Waals surface area contributed by atoms with Gasteiger partial charge >= 0.3 is 0 Å². The van der Waals surface area contributed by atoms with E-state index in [0.29, 0.717) is 17.9 Å². The molecule has 8 heteroatoms. The molecule has 1 aliphatic heterocycles. The Morgan fingerprint density at radius 3 is 2.71 bits per heavy atom. The zero-order valence-corrected chi connectivity index (χ0v) is 18.3. The summed E-state index contributed by atoms with van der Waals surface area (Å²) in [7, 11) is -3.81. The van der Waals surface area contributed by atoms with Crippen LogP contribution in [-0.4, -0.2) is 25.9 Å². The first-order chi connectivity index (χ1) is 14.9. The minimum absolute atomic E-state index is 0.0928. The Bertz CT molecular complexity index is 1390. The van der Waals surface area contributed by atoms with Gasteiger partial charge in [-0.05, 0) is 48.4 Å². The number of hydrogen-bond donors (Lipinski definition) is 1. The SMILES string of the molecule is CC(=O)N1CCc2ccc(S(=O)(=O)Nc3cccc(-c4nc5ccccc5s4)c3)cc21. The van der Waals surface area contributed by atoms with E-state index in [1.807, 2.05) is 30.3 Å². The van der Waals surface area contributed by atoms with Crippen molar-refractivity contribution in [1.29, 1.82) is 0 Å². The van der Waals surface area contributed by atoms with Gasteiger partial charge in [0.15, 0.2) is 0 Å². The van der Waals surface area contributed by atoms with E-state index in [0.717, 1.165) is 32.8 Å².